The van der Waals surface area contributed by atoms with Crippen molar-refractivity contribution >= 4 is 5.97 Å². The summed E-state index contributed by atoms with van der Waals surface area (Å²) in [6.45, 7) is 9.96. The van der Waals surface area contributed by atoms with Gasteiger partial charge < -0.3 is 15.0 Å². The molecule has 0 fully saturated rings. The van der Waals surface area contributed by atoms with E-state index in [1.54, 1.807) is 7.05 Å². The monoisotopic (exact) mass is 230 g/mol. The van der Waals surface area contributed by atoms with Crippen LogP contribution in [-0.4, -0.2) is 50.7 Å². The SMILES string of the molecule is CNC(C)(CN(C)CC(C)(C)C)C(=O)OC. The van der Waals surface area contributed by atoms with Crippen molar-refractivity contribution in [2.45, 2.75) is 33.2 Å². The van der Waals surface area contributed by atoms with E-state index in [1.165, 1.54) is 7.11 Å². The molecule has 1 atom stereocenters. The maximum absolute atomic E-state index is 11.7. The lowest BCUT2D eigenvalue weighted by Gasteiger charge is -2.34. The van der Waals surface area contributed by atoms with Crippen LogP contribution in [0.5, 0.6) is 0 Å². The Labute approximate surface area is 99.3 Å². The van der Waals surface area contributed by atoms with Crippen molar-refractivity contribution in [3.05, 3.63) is 0 Å². The molecule has 0 aromatic rings. The minimum Gasteiger partial charge on any atom is -0.468 e. The van der Waals surface area contributed by atoms with E-state index in [2.05, 4.69) is 31.0 Å². The van der Waals surface area contributed by atoms with E-state index in [0.29, 0.717) is 6.54 Å². The molecule has 1 N–H and O–H groups in total. The molecule has 0 radical (unpaired) electrons. The second-order valence-electron chi connectivity index (χ2n) is 5.81. The minimum atomic E-state index is -0.644. The van der Waals surface area contributed by atoms with Crippen LogP contribution in [0.3, 0.4) is 0 Å². The van der Waals surface area contributed by atoms with E-state index in [-0.39, 0.29) is 11.4 Å². The third kappa shape index (κ3) is 4.94. The average molecular weight is 230 g/mol. The molecule has 0 spiro atoms. The Morgan fingerprint density at radius 1 is 1.25 bits per heavy atom. The first-order valence-electron chi connectivity index (χ1n) is 5.60. The number of nitrogens with one attached hydrogen (secondary N) is 1. The maximum Gasteiger partial charge on any atom is 0.327 e. The summed E-state index contributed by atoms with van der Waals surface area (Å²) in [7, 11) is 5.22. The van der Waals surface area contributed by atoms with Crippen LogP contribution in [0, 0.1) is 5.41 Å². The van der Waals surface area contributed by atoms with Gasteiger partial charge in [-0.1, -0.05) is 20.8 Å². The summed E-state index contributed by atoms with van der Waals surface area (Å²) >= 11 is 0. The summed E-state index contributed by atoms with van der Waals surface area (Å²) < 4.78 is 4.81. The first-order valence-corrected chi connectivity index (χ1v) is 5.60. The smallest absolute Gasteiger partial charge is 0.327 e. The van der Waals surface area contributed by atoms with Gasteiger partial charge in [0, 0.05) is 13.1 Å². The van der Waals surface area contributed by atoms with Crippen molar-refractivity contribution in [2.24, 2.45) is 5.41 Å². The van der Waals surface area contributed by atoms with Gasteiger partial charge in [-0.3, -0.25) is 4.79 Å². The van der Waals surface area contributed by atoms with Gasteiger partial charge in [0.15, 0.2) is 0 Å². The minimum absolute atomic E-state index is 0.222. The van der Waals surface area contributed by atoms with Gasteiger partial charge in [0.05, 0.1) is 7.11 Å². The van der Waals surface area contributed by atoms with Crippen LogP contribution in [-0.2, 0) is 9.53 Å². The van der Waals surface area contributed by atoms with Crippen LogP contribution in [0.1, 0.15) is 27.7 Å². The van der Waals surface area contributed by atoms with Crippen LogP contribution >= 0.6 is 0 Å². The van der Waals surface area contributed by atoms with Crippen LogP contribution in [0.15, 0.2) is 0 Å². The number of hydrogen-bond acceptors (Lipinski definition) is 4. The molecule has 1 unspecified atom stereocenters. The highest BCUT2D eigenvalue weighted by molar-refractivity contribution is 5.80. The summed E-state index contributed by atoms with van der Waals surface area (Å²) in [5.74, 6) is -0.226. The third-order valence-electron chi connectivity index (χ3n) is 2.52. The van der Waals surface area contributed by atoms with Crippen LogP contribution < -0.4 is 5.32 Å². The van der Waals surface area contributed by atoms with Gasteiger partial charge in [0.1, 0.15) is 5.54 Å². The van der Waals surface area contributed by atoms with Crippen LogP contribution in [0.4, 0.5) is 0 Å². The van der Waals surface area contributed by atoms with E-state index in [0.717, 1.165) is 6.54 Å². The maximum atomic E-state index is 11.7. The number of carbonyl (C=O) groups is 1. The quantitative estimate of drug-likeness (QED) is 0.719. The Balaban J connectivity index is 4.48. The number of carbonyl (C=O) groups excluding carboxylic acids is 1. The number of likely N-dealkylation sites (N-methyl/N-ethyl adjacent to an activating group) is 2. The molecular weight excluding hydrogens is 204 g/mol. The number of esters is 1. The van der Waals surface area contributed by atoms with E-state index in [4.69, 9.17) is 4.74 Å². The van der Waals surface area contributed by atoms with Crippen molar-refractivity contribution in [2.75, 3.05) is 34.3 Å². The molecule has 4 heteroatoms. The number of rotatable bonds is 5. The van der Waals surface area contributed by atoms with Crippen LogP contribution in [0.25, 0.3) is 0 Å². The topological polar surface area (TPSA) is 41.6 Å². The summed E-state index contributed by atoms with van der Waals surface area (Å²) in [6, 6.07) is 0. The molecule has 0 aromatic heterocycles. The highest BCUT2D eigenvalue weighted by Gasteiger charge is 2.34. The lowest BCUT2D eigenvalue weighted by atomic mass is 9.94. The van der Waals surface area contributed by atoms with Gasteiger partial charge >= 0.3 is 5.97 Å². The molecule has 0 saturated carbocycles. The normalized spacial score (nSPS) is 16.0. The van der Waals surface area contributed by atoms with Crippen molar-refractivity contribution < 1.29 is 9.53 Å². The molecule has 0 heterocycles. The van der Waals surface area contributed by atoms with Gasteiger partial charge in [0.2, 0.25) is 0 Å². The zero-order valence-corrected chi connectivity index (χ0v) is 11.7. The predicted molar refractivity (Wildman–Crippen MR) is 66.4 cm³/mol. The molecule has 0 aliphatic heterocycles. The Kier molecular flexibility index (Phi) is 5.42. The fourth-order valence-corrected chi connectivity index (χ4v) is 1.88. The largest absolute Gasteiger partial charge is 0.468 e. The Hall–Kier alpha value is -0.610. The van der Waals surface area contributed by atoms with E-state index in [1.807, 2.05) is 14.0 Å². The van der Waals surface area contributed by atoms with Crippen molar-refractivity contribution in [3.63, 3.8) is 0 Å². The second-order valence-corrected chi connectivity index (χ2v) is 5.81. The molecule has 96 valence electrons. The number of nitrogens with zero attached hydrogens (tertiary/aromatic N) is 1. The molecule has 0 aliphatic rings. The first kappa shape index (κ1) is 15.4. The summed E-state index contributed by atoms with van der Waals surface area (Å²) in [4.78, 5) is 13.8. The van der Waals surface area contributed by atoms with Crippen molar-refractivity contribution in [1.29, 1.82) is 0 Å². The molecule has 0 rings (SSSR count). The number of methoxy groups -OCH3 is 1. The van der Waals surface area contributed by atoms with E-state index in [9.17, 15) is 4.79 Å². The van der Waals surface area contributed by atoms with Gasteiger partial charge in [0.25, 0.3) is 0 Å². The predicted octanol–water partition coefficient (Wildman–Crippen LogP) is 1.12. The molecule has 0 amide bonds. The Morgan fingerprint density at radius 2 is 1.75 bits per heavy atom. The number of hydrogen-bond donors (Lipinski definition) is 1. The fraction of sp³-hybridized carbons (Fsp3) is 0.917. The van der Waals surface area contributed by atoms with Gasteiger partial charge in [-0.2, -0.15) is 0 Å². The fourth-order valence-electron chi connectivity index (χ4n) is 1.88. The third-order valence-corrected chi connectivity index (χ3v) is 2.52. The van der Waals surface area contributed by atoms with Gasteiger partial charge in [-0.15, -0.1) is 0 Å². The Bertz CT molecular complexity index is 236. The molecule has 16 heavy (non-hydrogen) atoms. The summed E-state index contributed by atoms with van der Waals surface area (Å²) in [5, 5.41) is 3.03. The van der Waals surface area contributed by atoms with Gasteiger partial charge in [-0.05, 0) is 26.4 Å². The second kappa shape index (κ2) is 5.64. The molecule has 0 saturated heterocycles. The zero-order valence-electron chi connectivity index (χ0n) is 11.7. The molecule has 4 nitrogen and oxygen atoms in total. The lowest BCUT2D eigenvalue weighted by Crippen LogP contribution is -2.56. The average Bonchev–Trinajstić information content (AvgIpc) is 2.13. The molecule has 0 aliphatic carbocycles. The van der Waals surface area contributed by atoms with Crippen LogP contribution in [0.2, 0.25) is 0 Å². The highest BCUT2D eigenvalue weighted by atomic mass is 16.5. The zero-order chi connectivity index (χ0) is 13.0. The molecule has 0 bridgehead atoms. The summed E-state index contributed by atoms with van der Waals surface area (Å²) in [5.41, 5.74) is -0.422. The highest BCUT2D eigenvalue weighted by Crippen LogP contribution is 2.16. The summed E-state index contributed by atoms with van der Waals surface area (Å²) in [6.07, 6.45) is 0. The standard InChI is InChI=1S/C12H26N2O2/c1-11(2,3)8-14(6)9-12(4,13-5)10(15)16-7/h13H,8-9H2,1-7H3. The van der Waals surface area contributed by atoms with Crippen molar-refractivity contribution in [3.8, 4) is 0 Å². The molecule has 0 aromatic carbocycles. The number of ether oxygens (including phenoxy) is 1. The Morgan fingerprint density at radius 3 is 2.06 bits per heavy atom. The van der Waals surface area contributed by atoms with Crippen molar-refractivity contribution in [1.82, 2.24) is 10.2 Å². The van der Waals surface area contributed by atoms with E-state index < -0.39 is 5.54 Å². The van der Waals surface area contributed by atoms with E-state index >= 15 is 0 Å². The lowest BCUT2D eigenvalue weighted by molar-refractivity contribution is -0.148. The van der Waals surface area contributed by atoms with Gasteiger partial charge in [-0.25, -0.2) is 0 Å². The molecular formula is C12H26N2O2. The first-order chi connectivity index (χ1) is 7.14.